The first-order valence-electron chi connectivity index (χ1n) is 21.9. The van der Waals surface area contributed by atoms with E-state index in [0.717, 1.165) is 61.3 Å². The number of anilines is 3. The van der Waals surface area contributed by atoms with E-state index in [0.29, 0.717) is 0 Å². The van der Waals surface area contributed by atoms with Crippen molar-refractivity contribution in [3.05, 3.63) is 249 Å². The third-order valence-electron chi connectivity index (χ3n) is 12.7. The largest absolute Gasteiger partial charge is 0.456 e. The van der Waals surface area contributed by atoms with Gasteiger partial charge in [0.25, 0.3) is 0 Å². The van der Waals surface area contributed by atoms with Crippen molar-refractivity contribution in [3.8, 4) is 55.6 Å². The van der Waals surface area contributed by atoms with Crippen LogP contribution in [0.25, 0.3) is 99.1 Å². The van der Waals surface area contributed by atoms with Gasteiger partial charge < -0.3 is 9.32 Å². The summed E-state index contributed by atoms with van der Waals surface area (Å²) in [4.78, 5) is 2.43. The van der Waals surface area contributed by atoms with Crippen LogP contribution in [0.5, 0.6) is 0 Å². The number of nitrogens with zero attached hydrogens (tertiary/aromatic N) is 1. The molecule has 1 aromatic heterocycles. The molecule has 0 N–H and O–H groups in total. The van der Waals surface area contributed by atoms with Crippen molar-refractivity contribution in [2.75, 3.05) is 4.90 Å². The number of fused-ring (bicyclic) bond motifs is 6. The summed E-state index contributed by atoms with van der Waals surface area (Å²) in [6.45, 7) is 0. The molecule has 0 bridgehead atoms. The Balaban J connectivity index is 1.05. The molecule has 1 heterocycles. The van der Waals surface area contributed by atoms with E-state index < -0.39 is 0 Å². The summed E-state index contributed by atoms with van der Waals surface area (Å²) in [5.41, 5.74) is 16.7. The second kappa shape index (κ2) is 15.8. The van der Waals surface area contributed by atoms with Crippen molar-refractivity contribution in [2.45, 2.75) is 0 Å². The summed E-state index contributed by atoms with van der Waals surface area (Å²) < 4.78 is 6.29. The Morgan fingerprint density at radius 3 is 1.53 bits per heavy atom. The Labute approximate surface area is 372 Å². The number of benzene rings is 11. The van der Waals surface area contributed by atoms with Crippen LogP contribution in [0.3, 0.4) is 0 Å². The van der Waals surface area contributed by atoms with Crippen molar-refractivity contribution in [1.82, 2.24) is 0 Å². The average Bonchev–Trinajstić information content (AvgIpc) is 3.75. The van der Waals surface area contributed by atoms with Crippen LogP contribution in [-0.2, 0) is 0 Å². The predicted octanol–water partition coefficient (Wildman–Crippen LogP) is 17.7. The lowest BCUT2D eigenvalue weighted by molar-refractivity contribution is 0.669. The van der Waals surface area contributed by atoms with Crippen molar-refractivity contribution < 1.29 is 4.42 Å². The van der Waals surface area contributed by atoms with Gasteiger partial charge in [0, 0.05) is 27.7 Å². The molecule has 0 fully saturated rings. The van der Waals surface area contributed by atoms with Gasteiger partial charge in [-0.3, -0.25) is 0 Å². The van der Waals surface area contributed by atoms with Crippen LogP contribution >= 0.6 is 0 Å². The van der Waals surface area contributed by atoms with E-state index in [2.05, 4.69) is 241 Å². The minimum Gasteiger partial charge on any atom is -0.456 e. The Morgan fingerprint density at radius 1 is 0.250 bits per heavy atom. The zero-order valence-corrected chi connectivity index (χ0v) is 35.0. The zero-order chi connectivity index (χ0) is 42.4. The van der Waals surface area contributed by atoms with Gasteiger partial charge >= 0.3 is 0 Å². The molecular formula is C62H41NO. The van der Waals surface area contributed by atoms with Crippen LogP contribution < -0.4 is 4.90 Å². The summed E-state index contributed by atoms with van der Waals surface area (Å²) in [5, 5.41) is 7.22. The fourth-order valence-electron chi connectivity index (χ4n) is 9.71. The van der Waals surface area contributed by atoms with Crippen molar-refractivity contribution >= 4 is 60.5 Å². The van der Waals surface area contributed by atoms with Crippen LogP contribution in [0.15, 0.2) is 253 Å². The van der Waals surface area contributed by atoms with E-state index in [1.165, 1.54) is 54.9 Å². The lowest BCUT2D eigenvalue weighted by atomic mass is 9.89. The lowest BCUT2D eigenvalue weighted by Crippen LogP contribution is -2.11. The number of furan rings is 1. The normalized spacial score (nSPS) is 11.4. The Morgan fingerprint density at radius 2 is 0.766 bits per heavy atom. The molecule has 12 aromatic rings. The highest BCUT2D eigenvalue weighted by Gasteiger charge is 2.21. The van der Waals surface area contributed by atoms with Crippen molar-refractivity contribution in [2.24, 2.45) is 0 Å². The highest BCUT2D eigenvalue weighted by Crippen LogP contribution is 2.46. The molecule has 0 radical (unpaired) electrons. The molecule has 0 saturated carbocycles. The molecule has 2 heteroatoms. The van der Waals surface area contributed by atoms with Crippen LogP contribution in [0.4, 0.5) is 17.1 Å². The van der Waals surface area contributed by atoms with Gasteiger partial charge in [-0.2, -0.15) is 0 Å². The summed E-state index contributed by atoms with van der Waals surface area (Å²) in [6, 6.07) is 89.8. The number of hydrogen-bond donors (Lipinski definition) is 0. The second-order valence-corrected chi connectivity index (χ2v) is 16.4. The lowest BCUT2D eigenvalue weighted by Gasteiger charge is -2.29. The van der Waals surface area contributed by atoms with Crippen LogP contribution in [0.1, 0.15) is 0 Å². The van der Waals surface area contributed by atoms with E-state index >= 15 is 0 Å². The third-order valence-corrected chi connectivity index (χ3v) is 12.7. The van der Waals surface area contributed by atoms with Gasteiger partial charge in [-0.25, -0.2) is 0 Å². The molecule has 0 aliphatic heterocycles. The minimum atomic E-state index is 0.884. The van der Waals surface area contributed by atoms with Gasteiger partial charge in [0.1, 0.15) is 11.2 Å². The second-order valence-electron chi connectivity index (χ2n) is 16.4. The number of rotatable bonds is 8. The number of hydrogen-bond acceptors (Lipinski definition) is 2. The van der Waals surface area contributed by atoms with Gasteiger partial charge in [-0.15, -0.1) is 0 Å². The monoisotopic (exact) mass is 815 g/mol. The highest BCUT2D eigenvalue weighted by atomic mass is 16.3. The van der Waals surface area contributed by atoms with Gasteiger partial charge in [-0.05, 0) is 120 Å². The highest BCUT2D eigenvalue weighted by molar-refractivity contribution is 6.12. The van der Waals surface area contributed by atoms with E-state index in [-0.39, 0.29) is 0 Å². The quantitative estimate of drug-likeness (QED) is 0.142. The van der Waals surface area contributed by atoms with Gasteiger partial charge in [-0.1, -0.05) is 200 Å². The van der Waals surface area contributed by atoms with Gasteiger partial charge in [0.2, 0.25) is 0 Å². The van der Waals surface area contributed by atoms with Gasteiger partial charge in [0.05, 0.1) is 5.69 Å². The van der Waals surface area contributed by atoms with E-state index in [4.69, 9.17) is 4.42 Å². The van der Waals surface area contributed by atoms with E-state index in [1.54, 1.807) is 0 Å². The maximum Gasteiger partial charge on any atom is 0.135 e. The fourth-order valence-corrected chi connectivity index (χ4v) is 9.71. The minimum absolute atomic E-state index is 0.884. The standard InChI is InChI=1S/C62H41NO/c1-2-17-42(18-3-1)49-25-6-8-28-54(49)55-29-9-7-26-51(55)44-20-14-22-47(39-44)63(60-33-12-10-27-53(60)46-36-38-62-59(41-46)58-30-11-13-34-61(58)64-62)48-23-15-21-45(40-48)52-31-16-32-56-50-24-5-4-19-43(50)35-37-57(52)56/h1-41H. The summed E-state index contributed by atoms with van der Waals surface area (Å²) in [5.74, 6) is 0. The molecule has 0 spiro atoms. The van der Waals surface area contributed by atoms with Crippen LogP contribution in [-0.4, -0.2) is 0 Å². The Bertz CT molecular complexity index is 3690. The third kappa shape index (κ3) is 6.52. The molecule has 12 rings (SSSR count). The molecule has 11 aromatic carbocycles. The van der Waals surface area contributed by atoms with Crippen molar-refractivity contribution in [1.29, 1.82) is 0 Å². The van der Waals surface area contributed by atoms with Crippen molar-refractivity contribution in [3.63, 3.8) is 0 Å². The van der Waals surface area contributed by atoms with E-state index in [1.807, 2.05) is 12.1 Å². The molecule has 0 aliphatic rings. The predicted molar refractivity (Wildman–Crippen MR) is 271 cm³/mol. The first-order chi connectivity index (χ1) is 31.7. The topological polar surface area (TPSA) is 16.4 Å². The first kappa shape index (κ1) is 37.3. The maximum atomic E-state index is 6.29. The SMILES string of the molecule is c1ccc(-c2ccccc2-c2ccccc2-c2cccc(N(c3cccc(-c4cccc5c4ccc4ccccc45)c3)c3ccccc3-c3ccc4oc5ccccc5c4c3)c2)cc1. The Kier molecular flexibility index (Phi) is 9.20. The molecule has 0 unspecified atom stereocenters. The van der Waals surface area contributed by atoms with Gasteiger partial charge in [0.15, 0.2) is 0 Å². The molecule has 0 amide bonds. The molecule has 2 nitrogen and oxygen atoms in total. The maximum absolute atomic E-state index is 6.29. The molecule has 0 aliphatic carbocycles. The molecule has 300 valence electrons. The first-order valence-corrected chi connectivity index (χ1v) is 21.9. The molecule has 0 atom stereocenters. The van der Waals surface area contributed by atoms with Crippen LogP contribution in [0, 0.1) is 0 Å². The molecule has 0 saturated heterocycles. The summed E-state index contributed by atoms with van der Waals surface area (Å²) >= 11 is 0. The fraction of sp³-hybridized carbons (Fsp3) is 0. The number of para-hydroxylation sites is 2. The zero-order valence-electron chi connectivity index (χ0n) is 35.0. The van der Waals surface area contributed by atoms with E-state index in [9.17, 15) is 0 Å². The molecule has 64 heavy (non-hydrogen) atoms. The molecular weight excluding hydrogens is 775 g/mol. The summed E-state index contributed by atoms with van der Waals surface area (Å²) in [6.07, 6.45) is 0. The summed E-state index contributed by atoms with van der Waals surface area (Å²) in [7, 11) is 0. The average molecular weight is 816 g/mol. The smallest absolute Gasteiger partial charge is 0.135 e. The Hall–Kier alpha value is -8.46. The van der Waals surface area contributed by atoms with Crippen LogP contribution in [0.2, 0.25) is 0 Å².